The summed E-state index contributed by atoms with van der Waals surface area (Å²) in [5, 5.41) is 0. The van der Waals surface area contributed by atoms with Crippen LogP contribution in [0.4, 0.5) is 5.82 Å². The molecule has 0 saturated carbocycles. The Labute approximate surface area is 108 Å². The van der Waals surface area contributed by atoms with E-state index in [2.05, 4.69) is 46.1 Å². The summed E-state index contributed by atoms with van der Waals surface area (Å²) in [7, 11) is 2.18. The summed E-state index contributed by atoms with van der Waals surface area (Å²) in [4.78, 5) is 13.3. The third-order valence-electron chi connectivity index (χ3n) is 3.63. The molecule has 0 radical (unpaired) electrons. The van der Waals surface area contributed by atoms with Gasteiger partial charge in [0.2, 0.25) is 0 Å². The van der Waals surface area contributed by atoms with Crippen LogP contribution in [-0.2, 0) is 6.54 Å². The summed E-state index contributed by atoms with van der Waals surface area (Å²) in [6.07, 6.45) is 3.44. The van der Waals surface area contributed by atoms with Crippen molar-refractivity contribution in [3.8, 4) is 0 Å². The molecule has 6 heteroatoms. The van der Waals surface area contributed by atoms with Gasteiger partial charge in [-0.2, -0.15) is 0 Å². The van der Waals surface area contributed by atoms with Crippen LogP contribution in [0.2, 0.25) is 0 Å². The maximum Gasteiger partial charge on any atom is 0.158 e. The van der Waals surface area contributed by atoms with Gasteiger partial charge in [-0.05, 0) is 20.9 Å². The summed E-state index contributed by atoms with van der Waals surface area (Å²) >= 11 is 0. The van der Waals surface area contributed by atoms with Crippen molar-refractivity contribution in [1.82, 2.24) is 19.8 Å². The van der Waals surface area contributed by atoms with E-state index in [0.717, 1.165) is 31.9 Å². The smallest absolute Gasteiger partial charge is 0.158 e. The number of piperazine rings is 1. The van der Waals surface area contributed by atoms with Gasteiger partial charge in [-0.1, -0.05) is 0 Å². The minimum Gasteiger partial charge on any atom is -0.307 e. The fourth-order valence-corrected chi connectivity index (χ4v) is 2.22. The molecule has 0 aliphatic carbocycles. The minimum atomic E-state index is 0.213. The van der Waals surface area contributed by atoms with Crippen LogP contribution < -0.4 is 11.3 Å². The zero-order chi connectivity index (χ0) is 13.2. The molecule has 6 nitrogen and oxygen atoms in total. The number of aromatic nitrogens is 2. The summed E-state index contributed by atoms with van der Waals surface area (Å²) in [6.45, 7) is 8.58. The van der Waals surface area contributed by atoms with E-state index in [9.17, 15) is 0 Å². The van der Waals surface area contributed by atoms with E-state index in [-0.39, 0.29) is 5.54 Å². The first-order chi connectivity index (χ1) is 8.51. The van der Waals surface area contributed by atoms with Crippen molar-refractivity contribution in [1.29, 1.82) is 0 Å². The van der Waals surface area contributed by atoms with E-state index >= 15 is 0 Å². The number of nitrogens with one attached hydrogen (secondary N) is 1. The second-order valence-electron chi connectivity index (χ2n) is 5.48. The largest absolute Gasteiger partial charge is 0.307 e. The number of hydrogen-bond donors (Lipinski definition) is 2. The molecule has 18 heavy (non-hydrogen) atoms. The molecule has 2 rings (SSSR count). The Hall–Kier alpha value is -1.24. The highest BCUT2D eigenvalue weighted by Gasteiger charge is 2.30. The minimum absolute atomic E-state index is 0.213. The molecule has 100 valence electrons. The molecule has 0 bridgehead atoms. The van der Waals surface area contributed by atoms with E-state index in [0.29, 0.717) is 5.82 Å². The van der Waals surface area contributed by atoms with Crippen molar-refractivity contribution in [3.05, 3.63) is 18.1 Å². The van der Waals surface area contributed by atoms with Gasteiger partial charge in [0.05, 0.1) is 18.1 Å². The van der Waals surface area contributed by atoms with E-state index in [1.807, 2.05) is 0 Å². The van der Waals surface area contributed by atoms with Crippen LogP contribution in [0, 0.1) is 0 Å². The first-order valence-corrected chi connectivity index (χ1v) is 6.22. The van der Waals surface area contributed by atoms with Crippen LogP contribution in [-0.4, -0.2) is 52.0 Å². The number of nitrogen functional groups attached to an aromatic ring is 1. The molecule has 0 unspecified atom stereocenters. The molecule has 1 fully saturated rings. The molecule has 1 aromatic heterocycles. The van der Waals surface area contributed by atoms with Crippen LogP contribution in [0.25, 0.3) is 0 Å². The zero-order valence-corrected chi connectivity index (χ0v) is 11.3. The molecule has 0 amide bonds. The average Bonchev–Trinajstić information content (AvgIpc) is 2.34. The van der Waals surface area contributed by atoms with Crippen molar-refractivity contribution in [3.63, 3.8) is 0 Å². The molecule has 0 spiro atoms. The molecule has 0 aromatic carbocycles. The number of anilines is 1. The topological polar surface area (TPSA) is 70.3 Å². The first kappa shape index (κ1) is 13.2. The lowest BCUT2D eigenvalue weighted by Gasteiger charge is -2.45. The summed E-state index contributed by atoms with van der Waals surface area (Å²) < 4.78 is 0. The maximum atomic E-state index is 5.27. The third-order valence-corrected chi connectivity index (χ3v) is 3.63. The number of likely N-dealkylation sites (N-methyl/N-ethyl adjacent to an activating group) is 1. The fourth-order valence-electron chi connectivity index (χ4n) is 2.22. The number of nitrogens with zero attached hydrogens (tertiary/aromatic N) is 4. The van der Waals surface area contributed by atoms with Gasteiger partial charge in [0.15, 0.2) is 5.82 Å². The highest BCUT2D eigenvalue weighted by atomic mass is 15.3. The summed E-state index contributed by atoms with van der Waals surface area (Å²) in [6, 6.07) is 0. The van der Waals surface area contributed by atoms with Crippen molar-refractivity contribution in [2.24, 2.45) is 5.84 Å². The van der Waals surface area contributed by atoms with Gasteiger partial charge >= 0.3 is 0 Å². The van der Waals surface area contributed by atoms with E-state index < -0.39 is 0 Å². The van der Waals surface area contributed by atoms with Gasteiger partial charge < -0.3 is 5.43 Å². The Morgan fingerprint density at radius 3 is 2.67 bits per heavy atom. The van der Waals surface area contributed by atoms with Crippen LogP contribution in [0.1, 0.15) is 19.5 Å². The Morgan fingerprint density at radius 2 is 2.11 bits per heavy atom. The van der Waals surface area contributed by atoms with E-state index in [1.165, 1.54) is 0 Å². The fraction of sp³-hybridized carbons (Fsp3) is 0.667. The van der Waals surface area contributed by atoms with Crippen LogP contribution in [0.3, 0.4) is 0 Å². The lowest BCUT2D eigenvalue weighted by molar-refractivity contribution is 0.0353. The molecule has 1 aliphatic heterocycles. The Balaban J connectivity index is 1.97. The quantitative estimate of drug-likeness (QED) is 0.593. The highest BCUT2D eigenvalue weighted by Crippen LogP contribution is 2.19. The van der Waals surface area contributed by atoms with Gasteiger partial charge in [-0.3, -0.25) is 14.8 Å². The van der Waals surface area contributed by atoms with Gasteiger partial charge in [-0.25, -0.2) is 10.8 Å². The molecule has 1 aliphatic rings. The second kappa shape index (κ2) is 5.17. The number of hydrazine groups is 1. The average molecular weight is 250 g/mol. The normalized spacial score (nSPS) is 20.9. The lowest BCUT2D eigenvalue weighted by atomic mass is 10.00. The van der Waals surface area contributed by atoms with Gasteiger partial charge in [0.25, 0.3) is 0 Å². The molecule has 1 aromatic rings. The van der Waals surface area contributed by atoms with Crippen LogP contribution >= 0.6 is 0 Å². The van der Waals surface area contributed by atoms with Crippen LogP contribution in [0.5, 0.6) is 0 Å². The van der Waals surface area contributed by atoms with E-state index in [1.54, 1.807) is 12.4 Å². The molecule has 2 heterocycles. The van der Waals surface area contributed by atoms with Gasteiger partial charge in [0.1, 0.15) is 0 Å². The van der Waals surface area contributed by atoms with Crippen molar-refractivity contribution in [2.45, 2.75) is 25.9 Å². The SMILES string of the molecule is CN1CCN(Cc2cnc(NN)cn2)CC1(C)C. The van der Waals surface area contributed by atoms with Gasteiger partial charge in [0, 0.05) is 31.7 Å². The molecule has 1 saturated heterocycles. The Kier molecular flexibility index (Phi) is 3.79. The van der Waals surface area contributed by atoms with Crippen molar-refractivity contribution in [2.75, 3.05) is 32.1 Å². The second-order valence-corrected chi connectivity index (χ2v) is 5.48. The maximum absolute atomic E-state index is 5.27. The van der Waals surface area contributed by atoms with E-state index in [4.69, 9.17) is 5.84 Å². The number of hydrogen-bond acceptors (Lipinski definition) is 6. The molecule has 0 atom stereocenters. The highest BCUT2D eigenvalue weighted by molar-refractivity contribution is 5.28. The van der Waals surface area contributed by atoms with Gasteiger partial charge in [-0.15, -0.1) is 0 Å². The standard InChI is InChI=1S/C12H22N6/c1-12(2)9-18(5-4-17(12)3)8-10-6-15-11(16-13)7-14-10/h6-7H,4-5,8-9,13H2,1-3H3,(H,15,16). The molecule has 3 N–H and O–H groups in total. The zero-order valence-electron chi connectivity index (χ0n) is 11.3. The summed E-state index contributed by atoms with van der Waals surface area (Å²) in [5.74, 6) is 5.86. The monoisotopic (exact) mass is 250 g/mol. The number of rotatable bonds is 3. The predicted molar refractivity (Wildman–Crippen MR) is 71.8 cm³/mol. The van der Waals surface area contributed by atoms with Crippen molar-refractivity contribution >= 4 is 5.82 Å². The van der Waals surface area contributed by atoms with Crippen LogP contribution in [0.15, 0.2) is 12.4 Å². The molecular formula is C12H22N6. The number of nitrogens with two attached hydrogens (primary N) is 1. The van der Waals surface area contributed by atoms with Crippen molar-refractivity contribution < 1.29 is 0 Å². The predicted octanol–water partition coefficient (Wildman–Crippen LogP) is 0.288. The first-order valence-electron chi connectivity index (χ1n) is 6.22. The third kappa shape index (κ3) is 2.95. The lowest BCUT2D eigenvalue weighted by Crippen LogP contribution is -2.57. The summed E-state index contributed by atoms with van der Waals surface area (Å²) in [5.41, 5.74) is 3.68. The molecular weight excluding hydrogens is 228 g/mol. The Morgan fingerprint density at radius 1 is 1.33 bits per heavy atom. The Bertz CT molecular complexity index is 388.